The lowest BCUT2D eigenvalue weighted by atomic mass is 10.1. The van der Waals surface area contributed by atoms with Gasteiger partial charge in [0.15, 0.2) is 0 Å². The van der Waals surface area contributed by atoms with E-state index in [2.05, 4.69) is 16.7 Å². The Bertz CT molecular complexity index is 875. The Labute approximate surface area is 166 Å². The van der Waals surface area contributed by atoms with Crippen LogP contribution in [0.3, 0.4) is 0 Å². The Kier molecular flexibility index (Phi) is 6.34. The molecular formula is C20H26N2O3S2. The number of nitrogens with zero attached hydrogens (tertiary/aromatic N) is 1. The minimum atomic E-state index is -3.71. The molecule has 1 N–H and O–H groups in total. The molecule has 1 heterocycles. The molecule has 5 nitrogen and oxygen atoms in total. The van der Waals surface area contributed by atoms with Crippen LogP contribution in [0.2, 0.25) is 0 Å². The van der Waals surface area contributed by atoms with Gasteiger partial charge < -0.3 is 9.64 Å². The molecule has 0 bridgehead atoms. The number of benzene rings is 2. The van der Waals surface area contributed by atoms with Gasteiger partial charge in [-0.3, -0.25) is 4.72 Å². The van der Waals surface area contributed by atoms with E-state index in [0.29, 0.717) is 16.7 Å². The van der Waals surface area contributed by atoms with Crippen molar-refractivity contribution in [2.45, 2.75) is 34.8 Å². The zero-order chi connectivity index (χ0) is 19.4. The highest BCUT2D eigenvalue weighted by atomic mass is 32.2. The highest BCUT2D eigenvalue weighted by Gasteiger charge is 2.20. The molecule has 3 rings (SSSR count). The van der Waals surface area contributed by atoms with Gasteiger partial charge in [-0.1, -0.05) is 6.07 Å². The molecule has 0 spiro atoms. The molecule has 1 aliphatic rings. The molecule has 2 aromatic carbocycles. The van der Waals surface area contributed by atoms with Gasteiger partial charge in [0.2, 0.25) is 0 Å². The first-order valence-corrected chi connectivity index (χ1v) is 11.4. The summed E-state index contributed by atoms with van der Waals surface area (Å²) in [6.45, 7) is 4.16. The molecular weight excluding hydrogens is 380 g/mol. The van der Waals surface area contributed by atoms with E-state index in [1.54, 1.807) is 18.2 Å². The van der Waals surface area contributed by atoms with Gasteiger partial charge in [0.25, 0.3) is 10.0 Å². The quantitative estimate of drug-likeness (QED) is 0.786. The molecule has 0 atom stereocenters. The fraction of sp³-hybridized carbons (Fsp3) is 0.400. The van der Waals surface area contributed by atoms with Crippen molar-refractivity contribution in [2.24, 2.45) is 0 Å². The van der Waals surface area contributed by atoms with Gasteiger partial charge in [-0.25, -0.2) is 8.42 Å². The van der Waals surface area contributed by atoms with Crippen LogP contribution in [0, 0.1) is 6.92 Å². The van der Waals surface area contributed by atoms with Gasteiger partial charge in [0, 0.05) is 15.8 Å². The Balaban J connectivity index is 1.69. The highest BCUT2D eigenvalue weighted by molar-refractivity contribution is 8.00. The summed E-state index contributed by atoms with van der Waals surface area (Å²) in [6.07, 6.45) is 2.37. The van der Waals surface area contributed by atoms with Crippen molar-refractivity contribution >= 4 is 27.5 Å². The smallest absolute Gasteiger partial charge is 0.265 e. The summed E-state index contributed by atoms with van der Waals surface area (Å²) in [5.74, 6) is 0.344. The topological polar surface area (TPSA) is 58.6 Å². The summed E-state index contributed by atoms with van der Waals surface area (Å²) < 4.78 is 33.3. The first-order chi connectivity index (χ1) is 12.9. The summed E-state index contributed by atoms with van der Waals surface area (Å²) in [6, 6.07) is 12.6. The van der Waals surface area contributed by atoms with Crippen molar-refractivity contribution in [3.8, 4) is 5.75 Å². The SMILES string of the molecule is COc1cc(C)ccc1S(=O)(=O)Nc1ccc(SC2CCN(C)CC2)cc1. The number of thioether (sulfide) groups is 1. The van der Waals surface area contributed by atoms with Crippen molar-refractivity contribution in [2.75, 3.05) is 32.0 Å². The van der Waals surface area contributed by atoms with Crippen molar-refractivity contribution in [1.29, 1.82) is 0 Å². The first-order valence-electron chi connectivity index (χ1n) is 9.00. The molecule has 1 aliphatic heterocycles. The third-order valence-corrected chi connectivity index (χ3v) is 7.45. The molecule has 0 radical (unpaired) electrons. The van der Waals surface area contributed by atoms with Crippen molar-refractivity contribution in [3.05, 3.63) is 48.0 Å². The van der Waals surface area contributed by atoms with Crippen LogP contribution in [0.25, 0.3) is 0 Å². The summed E-state index contributed by atoms with van der Waals surface area (Å²) in [5, 5.41) is 0.626. The third-order valence-electron chi connectivity index (χ3n) is 4.68. The number of sulfonamides is 1. The minimum absolute atomic E-state index is 0.139. The lowest BCUT2D eigenvalue weighted by Gasteiger charge is -2.28. The van der Waals surface area contributed by atoms with Crippen LogP contribution >= 0.6 is 11.8 Å². The zero-order valence-corrected chi connectivity index (χ0v) is 17.6. The molecule has 146 valence electrons. The maximum atomic E-state index is 12.7. The monoisotopic (exact) mass is 406 g/mol. The predicted molar refractivity (Wildman–Crippen MR) is 111 cm³/mol. The minimum Gasteiger partial charge on any atom is -0.495 e. The number of likely N-dealkylation sites (tertiary alicyclic amines) is 1. The van der Waals surface area contributed by atoms with E-state index >= 15 is 0 Å². The molecule has 27 heavy (non-hydrogen) atoms. The summed E-state index contributed by atoms with van der Waals surface area (Å²) in [4.78, 5) is 3.66. The number of nitrogens with one attached hydrogen (secondary N) is 1. The highest BCUT2D eigenvalue weighted by Crippen LogP contribution is 2.32. The van der Waals surface area contributed by atoms with E-state index in [4.69, 9.17) is 4.74 Å². The lowest BCUT2D eigenvalue weighted by Crippen LogP contribution is -2.31. The summed E-state index contributed by atoms with van der Waals surface area (Å²) >= 11 is 1.87. The van der Waals surface area contributed by atoms with Crippen LogP contribution in [0.5, 0.6) is 5.75 Å². The standard InChI is InChI=1S/C20H26N2O3S2/c1-15-4-9-20(19(14-15)25-3)27(23,24)21-16-5-7-17(8-6-16)26-18-10-12-22(2)13-11-18/h4-9,14,18,21H,10-13H2,1-3H3. The van der Waals surface area contributed by atoms with Crippen LogP contribution in [0.1, 0.15) is 18.4 Å². The zero-order valence-electron chi connectivity index (χ0n) is 15.9. The maximum Gasteiger partial charge on any atom is 0.265 e. The van der Waals surface area contributed by atoms with Gasteiger partial charge >= 0.3 is 0 Å². The molecule has 0 aliphatic carbocycles. The van der Waals surface area contributed by atoms with E-state index < -0.39 is 10.0 Å². The summed E-state index contributed by atoms with van der Waals surface area (Å²) in [7, 11) is -0.0737. The van der Waals surface area contributed by atoms with Gasteiger partial charge in [0.05, 0.1) is 7.11 Å². The fourth-order valence-corrected chi connectivity index (χ4v) is 5.44. The second-order valence-corrected chi connectivity index (χ2v) is 9.93. The number of anilines is 1. The van der Waals surface area contributed by atoms with Crippen LogP contribution in [0.15, 0.2) is 52.3 Å². The van der Waals surface area contributed by atoms with Crippen molar-refractivity contribution in [1.82, 2.24) is 4.90 Å². The number of rotatable bonds is 6. The first kappa shape index (κ1) is 20.0. The molecule has 1 fully saturated rings. The van der Waals surface area contributed by atoms with Crippen LogP contribution in [-0.2, 0) is 10.0 Å². The second-order valence-electron chi connectivity index (χ2n) is 6.90. The Morgan fingerprint density at radius 2 is 1.78 bits per heavy atom. The predicted octanol–water partition coefficient (Wildman–Crippen LogP) is 3.99. The van der Waals surface area contributed by atoms with Gasteiger partial charge in [-0.2, -0.15) is 0 Å². The van der Waals surface area contributed by atoms with Gasteiger partial charge in [0.1, 0.15) is 10.6 Å². The Morgan fingerprint density at radius 3 is 2.41 bits per heavy atom. The summed E-state index contributed by atoms with van der Waals surface area (Å²) in [5.41, 5.74) is 1.49. The van der Waals surface area contributed by atoms with Crippen LogP contribution < -0.4 is 9.46 Å². The average Bonchev–Trinajstić information content (AvgIpc) is 2.64. The normalized spacial score (nSPS) is 16.3. The van der Waals surface area contributed by atoms with E-state index in [1.807, 2.05) is 43.0 Å². The largest absolute Gasteiger partial charge is 0.495 e. The third kappa shape index (κ3) is 5.18. The number of aryl methyl sites for hydroxylation is 1. The van der Waals surface area contributed by atoms with Gasteiger partial charge in [-0.05, 0) is 81.9 Å². The van der Waals surface area contributed by atoms with Crippen LogP contribution in [-0.4, -0.2) is 45.8 Å². The van der Waals surface area contributed by atoms with Crippen molar-refractivity contribution in [3.63, 3.8) is 0 Å². The Morgan fingerprint density at radius 1 is 1.11 bits per heavy atom. The maximum absolute atomic E-state index is 12.7. The number of methoxy groups -OCH3 is 1. The lowest BCUT2D eigenvalue weighted by molar-refractivity contribution is 0.282. The molecule has 0 unspecified atom stereocenters. The average molecular weight is 407 g/mol. The molecule has 1 saturated heterocycles. The molecule has 0 saturated carbocycles. The number of piperidine rings is 1. The van der Waals surface area contributed by atoms with E-state index in [9.17, 15) is 8.42 Å². The number of ether oxygens (including phenoxy) is 1. The van der Waals surface area contributed by atoms with E-state index in [-0.39, 0.29) is 4.90 Å². The fourth-order valence-electron chi connectivity index (χ4n) is 3.10. The van der Waals surface area contributed by atoms with Gasteiger partial charge in [-0.15, -0.1) is 11.8 Å². The molecule has 2 aromatic rings. The number of hydrogen-bond donors (Lipinski definition) is 1. The van der Waals surface area contributed by atoms with E-state index in [0.717, 1.165) is 18.7 Å². The molecule has 0 amide bonds. The molecule has 7 heteroatoms. The van der Waals surface area contributed by atoms with E-state index in [1.165, 1.54) is 24.8 Å². The van der Waals surface area contributed by atoms with Crippen LogP contribution in [0.4, 0.5) is 5.69 Å². The molecule has 0 aromatic heterocycles. The second kappa shape index (κ2) is 8.54. The Hall–Kier alpha value is -1.70. The number of hydrogen-bond acceptors (Lipinski definition) is 5. The van der Waals surface area contributed by atoms with Crippen molar-refractivity contribution < 1.29 is 13.2 Å².